The van der Waals surface area contributed by atoms with E-state index in [0.29, 0.717) is 12.9 Å². The van der Waals surface area contributed by atoms with Crippen molar-refractivity contribution < 1.29 is 22.7 Å². The molecule has 106 valence electrons. The number of nitrogens with zero attached hydrogens (tertiary/aromatic N) is 1. The molecule has 0 radical (unpaired) electrons. The van der Waals surface area contributed by atoms with E-state index in [4.69, 9.17) is 4.74 Å². The Balaban J connectivity index is 3.23. The van der Waals surface area contributed by atoms with E-state index in [1.165, 1.54) is 24.1 Å². The summed E-state index contributed by atoms with van der Waals surface area (Å²) < 4.78 is 43.9. The van der Waals surface area contributed by atoms with E-state index in [-0.39, 0.29) is 17.3 Å². The van der Waals surface area contributed by atoms with E-state index in [9.17, 15) is 18.0 Å². The molecule has 0 bridgehead atoms. The minimum absolute atomic E-state index is 0.00358. The fourth-order valence-corrected chi connectivity index (χ4v) is 1.75. The van der Waals surface area contributed by atoms with Gasteiger partial charge >= 0.3 is 6.18 Å². The molecule has 0 amide bonds. The molecule has 0 aliphatic carbocycles. The molecule has 19 heavy (non-hydrogen) atoms. The number of aldehydes is 1. The van der Waals surface area contributed by atoms with Gasteiger partial charge in [-0.25, -0.2) is 0 Å². The van der Waals surface area contributed by atoms with Gasteiger partial charge in [0.1, 0.15) is 6.29 Å². The number of rotatable bonds is 5. The number of hydrogen-bond acceptors (Lipinski definition) is 3. The molecule has 3 nitrogen and oxygen atoms in total. The van der Waals surface area contributed by atoms with E-state index in [1.54, 1.807) is 14.0 Å². The highest BCUT2D eigenvalue weighted by atomic mass is 19.4. The van der Waals surface area contributed by atoms with Crippen LogP contribution in [0, 0.1) is 0 Å². The van der Waals surface area contributed by atoms with Crippen molar-refractivity contribution in [3.05, 3.63) is 29.3 Å². The molecule has 0 N–H and O–H groups in total. The van der Waals surface area contributed by atoms with Crippen LogP contribution in [0.2, 0.25) is 0 Å². The third-order valence-corrected chi connectivity index (χ3v) is 2.91. The van der Waals surface area contributed by atoms with Crippen molar-refractivity contribution in [3.8, 4) is 0 Å². The Morgan fingerprint density at radius 2 is 2.05 bits per heavy atom. The number of hydrogen-bond donors (Lipinski definition) is 0. The van der Waals surface area contributed by atoms with Gasteiger partial charge in [-0.3, -0.25) is 4.79 Å². The van der Waals surface area contributed by atoms with Crippen LogP contribution >= 0.6 is 0 Å². The minimum Gasteiger partial charge on any atom is -0.383 e. The normalized spacial score (nSPS) is 13.2. The third kappa shape index (κ3) is 3.70. The number of ether oxygens (including phenoxy) is 1. The van der Waals surface area contributed by atoms with Crippen molar-refractivity contribution in [2.24, 2.45) is 0 Å². The monoisotopic (exact) mass is 275 g/mol. The molecule has 0 aliphatic rings. The van der Waals surface area contributed by atoms with Crippen molar-refractivity contribution in [1.29, 1.82) is 0 Å². The van der Waals surface area contributed by atoms with Crippen molar-refractivity contribution in [2.75, 3.05) is 25.7 Å². The maximum absolute atomic E-state index is 13.0. The molecule has 0 saturated carbocycles. The molecular formula is C13H16F3NO2. The van der Waals surface area contributed by atoms with E-state index in [1.807, 2.05) is 0 Å². The molecular weight excluding hydrogens is 259 g/mol. The highest BCUT2D eigenvalue weighted by molar-refractivity contribution is 5.77. The average molecular weight is 275 g/mol. The fraction of sp³-hybridized carbons (Fsp3) is 0.462. The van der Waals surface area contributed by atoms with Gasteiger partial charge in [-0.15, -0.1) is 0 Å². The quantitative estimate of drug-likeness (QED) is 0.774. The van der Waals surface area contributed by atoms with E-state index < -0.39 is 11.7 Å². The average Bonchev–Trinajstić information content (AvgIpc) is 2.36. The number of likely N-dealkylation sites (N-methyl/N-ethyl adjacent to an activating group) is 1. The summed E-state index contributed by atoms with van der Waals surface area (Å²) in [5, 5.41) is 0. The molecule has 0 heterocycles. The van der Waals surface area contributed by atoms with Crippen LogP contribution in [0.1, 0.15) is 22.8 Å². The Labute approximate surface area is 110 Å². The van der Waals surface area contributed by atoms with Gasteiger partial charge in [0.05, 0.1) is 12.2 Å². The predicted molar refractivity (Wildman–Crippen MR) is 66.6 cm³/mol. The van der Waals surface area contributed by atoms with Gasteiger partial charge in [-0.05, 0) is 25.1 Å². The van der Waals surface area contributed by atoms with Gasteiger partial charge in [0, 0.05) is 31.5 Å². The molecule has 0 aliphatic heterocycles. The molecule has 1 unspecified atom stereocenters. The first-order valence-electron chi connectivity index (χ1n) is 5.69. The van der Waals surface area contributed by atoms with Crippen LogP contribution < -0.4 is 4.90 Å². The van der Waals surface area contributed by atoms with E-state index in [0.717, 1.165) is 6.07 Å². The van der Waals surface area contributed by atoms with Gasteiger partial charge < -0.3 is 9.64 Å². The van der Waals surface area contributed by atoms with E-state index in [2.05, 4.69) is 0 Å². The molecule has 1 rings (SSSR count). The Morgan fingerprint density at radius 3 is 2.53 bits per heavy atom. The maximum Gasteiger partial charge on any atom is 0.418 e. The van der Waals surface area contributed by atoms with Gasteiger partial charge in [-0.1, -0.05) is 0 Å². The third-order valence-electron chi connectivity index (χ3n) is 2.91. The van der Waals surface area contributed by atoms with E-state index >= 15 is 0 Å². The lowest BCUT2D eigenvalue weighted by Gasteiger charge is -2.29. The summed E-state index contributed by atoms with van der Waals surface area (Å²) in [5.74, 6) is 0. The first kappa shape index (κ1) is 15.5. The van der Waals surface area contributed by atoms with Gasteiger partial charge in [0.15, 0.2) is 0 Å². The predicted octanol–water partition coefficient (Wildman–Crippen LogP) is 2.99. The second kappa shape index (κ2) is 6.06. The van der Waals surface area contributed by atoms with Crippen molar-refractivity contribution >= 4 is 12.0 Å². The lowest BCUT2D eigenvalue weighted by molar-refractivity contribution is -0.137. The van der Waals surface area contributed by atoms with Gasteiger partial charge in [-0.2, -0.15) is 13.2 Å². The van der Waals surface area contributed by atoms with Crippen LogP contribution in [-0.4, -0.2) is 33.1 Å². The Morgan fingerprint density at radius 1 is 1.42 bits per heavy atom. The fourth-order valence-electron chi connectivity index (χ4n) is 1.75. The van der Waals surface area contributed by atoms with Crippen LogP contribution in [-0.2, 0) is 10.9 Å². The number of methoxy groups -OCH3 is 1. The zero-order chi connectivity index (χ0) is 14.6. The minimum atomic E-state index is -4.50. The topological polar surface area (TPSA) is 29.5 Å². The summed E-state index contributed by atoms with van der Waals surface area (Å²) in [5.41, 5.74) is -0.783. The zero-order valence-corrected chi connectivity index (χ0v) is 11.0. The summed E-state index contributed by atoms with van der Waals surface area (Å²) in [4.78, 5) is 12.1. The molecule has 6 heteroatoms. The molecule has 0 spiro atoms. The number of carbonyl (C=O) groups excluding carboxylic acids is 1. The summed E-state index contributed by atoms with van der Waals surface area (Å²) in [6, 6.07) is 3.32. The van der Waals surface area contributed by atoms with Crippen LogP contribution in [0.4, 0.5) is 18.9 Å². The molecule has 1 aromatic rings. The van der Waals surface area contributed by atoms with Crippen molar-refractivity contribution in [3.63, 3.8) is 0 Å². The van der Waals surface area contributed by atoms with Crippen LogP contribution in [0.3, 0.4) is 0 Å². The highest BCUT2D eigenvalue weighted by Gasteiger charge is 2.35. The number of carbonyl (C=O) groups is 1. The standard InChI is InChI=1S/C13H16F3NO2/c1-9(8-19-3)17(2)12-5-4-10(7-18)6-11(12)13(14,15)16/h4-7,9H,8H2,1-3H3. The summed E-state index contributed by atoms with van der Waals surface area (Å²) in [6.07, 6.45) is -4.10. The Bertz CT molecular complexity index is 446. The first-order chi connectivity index (χ1) is 8.81. The summed E-state index contributed by atoms with van der Waals surface area (Å²) in [6.45, 7) is 2.07. The van der Waals surface area contributed by atoms with Crippen LogP contribution in [0.25, 0.3) is 0 Å². The molecule has 1 aromatic carbocycles. The lowest BCUT2D eigenvalue weighted by atomic mass is 10.1. The molecule has 1 atom stereocenters. The number of benzene rings is 1. The number of halogens is 3. The van der Waals surface area contributed by atoms with Crippen molar-refractivity contribution in [1.82, 2.24) is 0 Å². The van der Waals surface area contributed by atoms with Gasteiger partial charge in [0.2, 0.25) is 0 Å². The first-order valence-corrected chi connectivity index (χ1v) is 5.69. The summed E-state index contributed by atoms with van der Waals surface area (Å²) >= 11 is 0. The maximum atomic E-state index is 13.0. The number of alkyl halides is 3. The largest absolute Gasteiger partial charge is 0.418 e. The lowest BCUT2D eigenvalue weighted by Crippen LogP contribution is -2.34. The Hall–Kier alpha value is -1.56. The van der Waals surface area contributed by atoms with Crippen LogP contribution in [0.15, 0.2) is 18.2 Å². The smallest absolute Gasteiger partial charge is 0.383 e. The second-order valence-corrected chi connectivity index (χ2v) is 4.31. The SMILES string of the molecule is COCC(C)N(C)c1ccc(C=O)cc1C(F)(F)F. The Kier molecular flexibility index (Phi) is 4.94. The van der Waals surface area contributed by atoms with Crippen molar-refractivity contribution in [2.45, 2.75) is 19.1 Å². The zero-order valence-electron chi connectivity index (χ0n) is 11.0. The summed E-state index contributed by atoms with van der Waals surface area (Å²) in [7, 11) is 3.05. The second-order valence-electron chi connectivity index (χ2n) is 4.31. The number of anilines is 1. The molecule has 0 fully saturated rings. The molecule has 0 aromatic heterocycles. The van der Waals surface area contributed by atoms with Crippen LogP contribution in [0.5, 0.6) is 0 Å². The molecule has 0 saturated heterocycles. The highest BCUT2D eigenvalue weighted by Crippen LogP contribution is 2.37. The van der Waals surface area contributed by atoms with Gasteiger partial charge in [0.25, 0.3) is 0 Å².